The van der Waals surface area contributed by atoms with Crippen LogP contribution in [0.3, 0.4) is 0 Å². The SMILES string of the molecule is CCCCC[C@@H]1[C@H](O)CC(=O)[C@@H]1/C=C/[C@H](O)C/C=C\CCCC(=O)O. The maximum Gasteiger partial charge on any atom is 0.303 e. The van der Waals surface area contributed by atoms with Gasteiger partial charge in [-0.05, 0) is 31.6 Å². The Morgan fingerprint density at radius 1 is 1.28 bits per heavy atom. The number of carbonyl (C=O) groups is 2. The van der Waals surface area contributed by atoms with Crippen LogP contribution < -0.4 is 0 Å². The summed E-state index contributed by atoms with van der Waals surface area (Å²) in [5.41, 5.74) is 0. The summed E-state index contributed by atoms with van der Waals surface area (Å²) in [7, 11) is 0. The maximum absolute atomic E-state index is 12.1. The molecule has 0 spiro atoms. The van der Waals surface area contributed by atoms with E-state index < -0.39 is 18.2 Å². The van der Waals surface area contributed by atoms with Gasteiger partial charge in [0.2, 0.25) is 0 Å². The summed E-state index contributed by atoms with van der Waals surface area (Å²) in [5.74, 6) is -1.06. The molecule has 1 fully saturated rings. The molecule has 0 aromatic carbocycles. The highest BCUT2D eigenvalue weighted by Gasteiger charge is 2.39. The van der Waals surface area contributed by atoms with E-state index in [0.29, 0.717) is 19.3 Å². The molecule has 0 aliphatic heterocycles. The van der Waals surface area contributed by atoms with E-state index in [2.05, 4.69) is 6.92 Å². The Bertz CT molecular complexity index is 469. The van der Waals surface area contributed by atoms with Gasteiger partial charge >= 0.3 is 5.97 Å². The molecule has 4 atom stereocenters. The number of rotatable bonds is 12. The first-order valence-electron chi connectivity index (χ1n) is 9.39. The number of carboxylic acid groups (broad SMARTS) is 1. The van der Waals surface area contributed by atoms with E-state index in [1.165, 1.54) is 0 Å². The lowest BCUT2D eigenvalue weighted by Crippen LogP contribution is -2.19. The van der Waals surface area contributed by atoms with Crippen molar-refractivity contribution in [1.82, 2.24) is 0 Å². The third kappa shape index (κ3) is 8.45. The summed E-state index contributed by atoms with van der Waals surface area (Å²) < 4.78 is 0. The van der Waals surface area contributed by atoms with Gasteiger partial charge in [-0.1, -0.05) is 50.5 Å². The minimum atomic E-state index is -0.798. The molecule has 5 nitrogen and oxygen atoms in total. The van der Waals surface area contributed by atoms with Crippen molar-refractivity contribution < 1.29 is 24.9 Å². The van der Waals surface area contributed by atoms with Gasteiger partial charge in [0.1, 0.15) is 5.78 Å². The van der Waals surface area contributed by atoms with Gasteiger partial charge in [0.25, 0.3) is 0 Å². The number of allylic oxidation sites excluding steroid dienone is 2. The Hall–Kier alpha value is -1.46. The number of carboxylic acids is 1. The van der Waals surface area contributed by atoms with Crippen molar-refractivity contribution in [2.24, 2.45) is 11.8 Å². The molecule has 1 aliphatic carbocycles. The van der Waals surface area contributed by atoms with E-state index in [9.17, 15) is 19.8 Å². The summed E-state index contributed by atoms with van der Waals surface area (Å²) in [6.45, 7) is 2.12. The van der Waals surface area contributed by atoms with Gasteiger partial charge in [-0.2, -0.15) is 0 Å². The van der Waals surface area contributed by atoms with Gasteiger partial charge in [0.05, 0.1) is 12.2 Å². The summed E-state index contributed by atoms with van der Waals surface area (Å²) >= 11 is 0. The van der Waals surface area contributed by atoms with E-state index in [1.54, 1.807) is 12.2 Å². The third-order valence-electron chi connectivity index (χ3n) is 4.72. The third-order valence-corrected chi connectivity index (χ3v) is 4.72. The van der Waals surface area contributed by atoms with Crippen LogP contribution in [0.4, 0.5) is 0 Å². The van der Waals surface area contributed by atoms with Gasteiger partial charge in [-0.15, -0.1) is 0 Å². The first kappa shape index (κ1) is 21.6. The van der Waals surface area contributed by atoms with Gasteiger partial charge in [0, 0.05) is 18.8 Å². The van der Waals surface area contributed by atoms with Crippen molar-refractivity contribution in [3.8, 4) is 0 Å². The molecule has 0 radical (unpaired) electrons. The van der Waals surface area contributed by atoms with Crippen LogP contribution in [0.2, 0.25) is 0 Å². The van der Waals surface area contributed by atoms with Crippen LogP contribution in [-0.4, -0.2) is 39.3 Å². The van der Waals surface area contributed by atoms with Crippen molar-refractivity contribution >= 4 is 11.8 Å². The number of ketones is 1. The number of aliphatic hydroxyl groups excluding tert-OH is 2. The zero-order valence-electron chi connectivity index (χ0n) is 15.1. The molecule has 0 heterocycles. The van der Waals surface area contributed by atoms with Gasteiger partial charge in [-0.25, -0.2) is 0 Å². The highest BCUT2D eigenvalue weighted by atomic mass is 16.4. The fourth-order valence-electron chi connectivity index (χ4n) is 3.27. The number of hydrogen-bond donors (Lipinski definition) is 3. The lowest BCUT2D eigenvalue weighted by molar-refractivity contribution is -0.137. The molecule has 142 valence electrons. The van der Waals surface area contributed by atoms with Gasteiger partial charge in [-0.3, -0.25) is 9.59 Å². The average Bonchev–Trinajstić information content (AvgIpc) is 2.82. The molecular weight excluding hydrogens is 320 g/mol. The first-order chi connectivity index (χ1) is 12.0. The Balaban J connectivity index is 2.41. The molecule has 0 saturated heterocycles. The minimum absolute atomic E-state index is 0.0333. The van der Waals surface area contributed by atoms with Crippen molar-refractivity contribution in [1.29, 1.82) is 0 Å². The number of Topliss-reactive ketones (excluding diaryl/α,β-unsaturated/α-hetero) is 1. The predicted octanol–water partition coefficient (Wildman–Crippen LogP) is 3.25. The van der Waals surface area contributed by atoms with Crippen LogP contribution >= 0.6 is 0 Å². The van der Waals surface area contributed by atoms with Crippen molar-refractivity contribution in [2.45, 2.75) is 76.9 Å². The van der Waals surface area contributed by atoms with Crippen LogP contribution in [0, 0.1) is 11.8 Å². The second kappa shape index (κ2) is 12.0. The summed E-state index contributed by atoms with van der Waals surface area (Å²) in [5, 5.41) is 28.6. The monoisotopic (exact) mass is 352 g/mol. The van der Waals surface area contributed by atoms with Crippen molar-refractivity contribution in [3.05, 3.63) is 24.3 Å². The molecule has 0 amide bonds. The fraction of sp³-hybridized carbons (Fsp3) is 0.700. The smallest absolute Gasteiger partial charge is 0.303 e. The molecule has 0 aromatic rings. The quantitative estimate of drug-likeness (QED) is 0.370. The van der Waals surface area contributed by atoms with Crippen molar-refractivity contribution in [2.75, 3.05) is 0 Å². The van der Waals surface area contributed by atoms with Crippen molar-refractivity contribution in [3.63, 3.8) is 0 Å². The largest absolute Gasteiger partial charge is 0.481 e. The standard InChI is InChI=1S/C20H32O5/c1-2-3-6-10-16-17(19(23)14-18(16)22)13-12-15(21)9-7-4-5-8-11-20(24)25/h4,7,12-13,15-18,21-22H,2-3,5-6,8-11,14H2,1H3,(H,24,25)/b7-4-,13-12+/t15-,16+,17-,18-/m1/s1. The Morgan fingerprint density at radius 2 is 2.04 bits per heavy atom. The van der Waals surface area contributed by atoms with Crippen LogP contribution in [0.1, 0.15) is 64.7 Å². The predicted molar refractivity (Wildman–Crippen MR) is 97.1 cm³/mol. The topological polar surface area (TPSA) is 94.8 Å². The molecule has 3 N–H and O–H groups in total. The molecule has 1 saturated carbocycles. The van der Waals surface area contributed by atoms with E-state index in [0.717, 1.165) is 25.7 Å². The van der Waals surface area contributed by atoms with Gasteiger partial charge < -0.3 is 15.3 Å². The van der Waals surface area contributed by atoms with Gasteiger partial charge in [0.15, 0.2) is 0 Å². The number of hydrogen-bond acceptors (Lipinski definition) is 4. The number of carbonyl (C=O) groups excluding carboxylic acids is 1. The molecule has 1 aliphatic rings. The molecule has 0 unspecified atom stereocenters. The second-order valence-corrected chi connectivity index (χ2v) is 6.87. The highest BCUT2D eigenvalue weighted by molar-refractivity contribution is 5.85. The van der Waals surface area contributed by atoms with E-state index in [4.69, 9.17) is 5.11 Å². The fourth-order valence-corrected chi connectivity index (χ4v) is 3.27. The molecule has 0 bridgehead atoms. The maximum atomic E-state index is 12.1. The zero-order valence-corrected chi connectivity index (χ0v) is 15.1. The minimum Gasteiger partial charge on any atom is -0.481 e. The Morgan fingerprint density at radius 3 is 2.72 bits per heavy atom. The Kier molecular flexibility index (Phi) is 10.3. The lowest BCUT2D eigenvalue weighted by atomic mass is 9.88. The summed E-state index contributed by atoms with van der Waals surface area (Å²) in [4.78, 5) is 22.5. The molecule has 1 rings (SSSR count). The van der Waals surface area contributed by atoms with Crippen LogP contribution in [0.5, 0.6) is 0 Å². The van der Waals surface area contributed by atoms with Crippen LogP contribution in [-0.2, 0) is 9.59 Å². The molecule has 5 heteroatoms. The molecule has 25 heavy (non-hydrogen) atoms. The second-order valence-electron chi connectivity index (χ2n) is 6.87. The van der Waals surface area contributed by atoms with E-state index in [-0.39, 0.29) is 30.5 Å². The number of unbranched alkanes of at least 4 members (excludes halogenated alkanes) is 3. The molecular formula is C20H32O5. The normalized spacial score (nSPS) is 25.2. The van der Waals surface area contributed by atoms with Crippen LogP contribution in [0.25, 0.3) is 0 Å². The average molecular weight is 352 g/mol. The molecule has 0 aromatic heterocycles. The summed E-state index contributed by atoms with van der Waals surface area (Å²) in [6.07, 6.45) is 12.0. The van der Waals surface area contributed by atoms with E-state index >= 15 is 0 Å². The summed E-state index contributed by atoms with van der Waals surface area (Å²) in [6, 6.07) is 0. The number of aliphatic carboxylic acids is 1. The highest BCUT2D eigenvalue weighted by Crippen LogP contribution is 2.34. The first-order valence-corrected chi connectivity index (χ1v) is 9.39. The Labute approximate surface area is 150 Å². The van der Waals surface area contributed by atoms with Crippen LogP contribution in [0.15, 0.2) is 24.3 Å². The zero-order chi connectivity index (χ0) is 18.7. The van der Waals surface area contributed by atoms with E-state index in [1.807, 2.05) is 12.2 Å². The number of aliphatic hydroxyl groups is 2. The lowest BCUT2D eigenvalue weighted by Gasteiger charge is -2.18.